The molecule has 2 heterocycles. The molecule has 1 aromatic heterocycles. The molecule has 1 aliphatic heterocycles. The van der Waals surface area contributed by atoms with E-state index in [-0.39, 0.29) is 55.5 Å². The van der Waals surface area contributed by atoms with E-state index in [9.17, 15) is 14.7 Å². The van der Waals surface area contributed by atoms with E-state index in [1.54, 1.807) is 19.0 Å². The van der Waals surface area contributed by atoms with Gasteiger partial charge in [-0.25, -0.2) is 0 Å². The Kier molecular flexibility index (Phi) is 9.64. The first-order valence-electron chi connectivity index (χ1n) is 8.75. The number of aromatic nitrogens is 2. The molecule has 2 rings (SSSR count). The fourth-order valence-corrected chi connectivity index (χ4v) is 2.88. The average molecular weight is 405 g/mol. The summed E-state index contributed by atoms with van der Waals surface area (Å²) in [5.74, 6) is -0.828. The van der Waals surface area contributed by atoms with Crippen molar-refractivity contribution in [2.75, 3.05) is 33.8 Å². The highest BCUT2D eigenvalue weighted by Gasteiger charge is 2.28. The van der Waals surface area contributed by atoms with Crippen molar-refractivity contribution in [3.8, 4) is 0 Å². The lowest BCUT2D eigenvalue weighted by Crippen LogP contribution is -3.00. The molecule has 4 N–H and O–H groups in total. The number of carbonyl (C=O) groups excluding carboxylic acids is 1. The van der Waals surface area contributed by atoms with Gasteiger partial charge in [0.15, 0.2) is 0 Å². The Morgan fingerprint density at radius 2 is 1.93 bits per heavy atom. The number of carboxylic acid groups (broad SMARTS) is 1. The molecule has 0 bridgehead atoms. The number of hydrogen-bond acceptors (Lipinski definition) is 8. The molecule has 2 unspecified atom stereocenters. The molecule has 1 amide bonds. The summed E-state index contributed by atoms with van der Waals surface area (Å²) < 4.78 is 5.64. The minimum Gasteiger partial charge on any atom is -1.00 e. The number of nitrogens with one attached hydrogen (secondary N) is 2. The van der Waals surface area contributed by atoms with Crippen LogP contribution in [-0.2, 0) is 9.59 Å². The number of likely N-dealkylation sites (N-methyl/N-ethyl adjacent to an activating group) is 1. The number of amides is 1. The highest BCUT2D eigenvalue weighted by Crippen LogP contribution is 2.23. The molecule has 11 heteroatoms. The van der Waals surface area contributed by atoms with Gasteiger partial charge in [-0.2, -0.15) is 0 Å². The molecule has 0 aromatic carbocycles. The molecule has 0 saturated carbocycles. The molecule has 1 aromatic rings. The Balaban J connectivity index is 0.00000364. The second kappa shape index (κ2) is 11.2. The van der Waals surface area contributed by atoms with E-state index in [4.69, 9.17) is 9.52 Å². The van der Waals surface area contributed by atoms with Crippen molar-refractivity contribution >= 4 is 11.9 Å². The third kappa shape index (κ3) is 6.73. The van der Waals surface area contributed by atoms with Crippen molar-refractivity contribution in [2.45, 2.75) is 37.8 Å². The molecular formula is C16H27ClN5O5-. The minimum atomic E-state index is -0.965. The van der Waals surface area contributed by atoms with Gasteiger partial charge in [0.05, 0.1) is 6.61 Å². The first-order valence-corrected chi connectivity index (χ1v) is 8.75. The van der Waals surface area contributed by atoms with E-state index in [0.29, 0.717) is 0 Å². The summed E-state index contributed by atoms with van der Waals surface area (Å²) in [6.45, 7) is 1.36. The summed E-state index contributed by atoms with van der Waals surface area (Å²) in [4.78, 5) is 25.2. The Hall–Kier alpha value is -1.75. The molecule has 27 heavy (non-hydrogen) atoms. The van der Waals surface area contributed by atoms with E-state index < -0.39 is 18.1 Å². The predicted octanol–water partition coefficient (Wildman–Crippen LogP) is -3.31. The number of carboxylic acids is 1. The summed E-state index contributed by atoms with van der Waals surface area (Å²) in [5, 5.41) is 32.4. The number of aliphatic hydroxyl groups is 1. The molecule has 154 valence electrons. The Morgan fingerprint density at radius 3 is 2.48 bits per heavy atom. The summed E-state index contributed by atoms with van der Waals surface area (Å²) in [7, 11) is 3.54. The van der Waals surface area contributed by atoms with Crippen LogP contribution in [0.4, 0.5) is 0 Å². The molecule has 0 radical (unpaired) electrons. The first-order chi connectivity index (χ1) is 12.4. The SMILES string of the molecule is CN(C)C(CO)c1nnc(C(CCC(=O)O)NC(=O)C2CCNCC2)o1.[Cl-]. The summed E-state index contributed by atoms with van der Waals surface area (Å²) >= 11 is 0. The van der Waals surface area contributed by atoms with Crippen LogP contribution in [0.15, 0.2) is 4.42 Å². The second-order valence-electron chi connectivity index (χ2n) is 6.66. The Bertz CT molecular complexity index is 606. The van der Waals surface area contributed by atoms with E-state index >= 15 is 0 Å². The highest BCUT2D eigenvalue weighted by molar-refractivity contribution is 5.79. The quantitative estimate of drug-likeness (QED) is 0.333. The van der Waals surface area contributed by atoms with Gasteiger partial charge in [0.2, 0.25) is 17.7 Å². The maximum absolute atomic E-state index is 12.5. The molecule has 10 nitrogen and oxygen atoms in total. The van der Waals surface area contributed by atoms with E-state index in [0.717, 1.165) is 25.9 Å². The van der Waals surface area contributed by atoms with Gasteiger partial charge in [-0.1, -0.05) is 0 Å². The van der Waals surface area contributed by atoms with Crippen LogP contribution in [0.25, 0.3) is 0 Å². The van der Waals surface area contributed by atoms with Gasteiger partial charge in [-0.3, -0.25) is 14.5 Å². The fourth-order valence-electron chi connectivity index (χ4n) is 2.88. The van der Waals surface area contributed by atoms with Gasteiger partial charge in [0, 0.05) is 12.3 Å². The van der Waals surface area contributed by atoms with Crippen LogP contribution in [0.3, 0.4) is 0 Å². The second-order valence-corrected chi connectivity index (χ2v) is 6.66. The Morgan fingerprint density at radius 1 is 1.30 bits per heavy atom. The average Bonchev–Trinajstić information content (AvgIpc) is 3.08. The van der Waals surface area contributed by atoms with E-state index in [1.807, 2.05) is 0 Å². The van der Waals surface area contributed by atoms with E-state index in [2.05, 4.69) is 20.8 Å². The van der Waals surface area contributed by atoms with Crippen molar-refractivity contribution < 1.29 is 36.6 Å². The molecule has 2 atom stereocenters. The minimum absolute atomic E-state index is 0. The van der Waals surface area contributed by atoms with Crippen LogP contribution in [0, 0.1) is 5.92 Å². The lowest BCUT2D eigenvalue weighted by Gasteiger charge is -2.24. The molecule has 1 fully saturated rings. The fraction of sp³-hybridized carbons (Fsp3) is 0.750. The number of piperidine rings is 1. The monoisotopic (exact) mass is 404 g/mol. The lowest BCUT2D eigenvalue weighted by molar-refractivity contribution is -0.137. The van der Waals surface area contributed by atoms with Crippen molar-refractivity contribution in [1.82, 2.24) is 25.7 Å². The molecule has 0 aliphatic carbocycles. The zero-order valence-electron chi connectivity index (χ0n) is 15.5. The smallest absolute Gasteiger partial charge is 0.303 e. The van der Waals surface area contributed by atoms with Crippen LogP contribution >= 0.6 is 0 Å². The Labute approximate surface area is 164 Å². The van der Waals surface area contributed by atoms with Gasteiger partial charge in [-0.05, 0) is 46.4 Å². The predicted molar refractivity (Wildman–Crippen MR) is 91.2 cm³/mol. The zero-order valence-corrected chi connectivity index (χ0v) is 16.3. The molecule has 1 saturated heterocycles. The number of halogens is 1. The summed E-state index contributed by atoms with van der Waals surface area (Å²) in [6.07, 6.45) is 1.49. The molecule has 1 aliphatic rings. The molecule has 0 spiro atoms. The summed E-state index contributed by atoms with van der Waals surface area (Å²) in [5.41, 5.74) is 0. The topological polar surface area (TPSA) is 141 Å². The van der Waals surface area contributed by atoms with Gasteiger partial charge in [0.1, 0.15) is 12.1 Å². The van der Waals surface area contributed by atoms with Gasteiger partial charge >= 0.3 is 5.97 Å². The van der Waals surface area contributed by atoms with Crippen molar-refractivity contribution in [1.29, 1.82) is 0 Å². The standard InChI is InChI=1S/C16H27N5O5.ClH/c1-21(2)12(9-22)16-20-19-15(26-16)11(3-4-13(23)24)18-14(25)10-5-7-17-8-6-10;/h10-12,17,22H,3-9H2,1-2H3,(H,18,25)(H,23,24);1H/p-1. The summed E-state index contributed by atoms with van der Waals surface area (Å²) in [6, 6.07) is -1.13. The van der Waals surface area contributed by atoms with Gasteiger partial charge in [0.25, 0.3) is 0 Å². The molecular weight excluding hydrogens is 378 g/mol. The maximum Gasteiger partial charge on any atom is 0.303 e. The maximum atomic E-state index is 12.5. The number of hydrogen-bond donors (Lipinski definition) is 4. The van der Waals surface area contributed by atoms with Crippen LogP contribution in [0.2, 0.25) is 0 Å². The van der Waals surface area contributed by atoms with Crippen LogP contribution in [-0.4, -0.2) is 71.0 Å². The highest BCUT2D eigenvalue weighted by atomic mass is 35.5. The van der Waals surface area contributed by atoms with Crippen molar-refractivity contribution in [2.24, 2.45) is 5.92 Å². The number of carbonyl (C=O) groups is 2. The number of rotatable bonds is 9. The third-order valence-corrected chi connectivity index (χ3v) is 4.51. The lowest BCUT2D eigenvalue weighted by atomic mass is 9.96. The van der Waals surface area contributed by atoms with Crippen LogP contribution < -0.4 is 23.0 Å². The normalized spacial score (nSPS) is 17.2. The number of aliphatic carboxylic acids is 1. The first kappa shape index (κ1) is 23.3. The van der Waals surface area contributed by atoms with Crippen LogP contribution in [0.5, 0.6) is 0 Å². The van der Waals surface area contributed by atoms with E-state index in [1.165, 1.54) is 0 Å². The third-order valence-electron chi connectivity index (χ3n) is 4.51. The van der Waals surface area contributed by atoms with Gasteiger partial charge < -0.3 is 37.7 Å². The number of aliphatic hydroxyl groups excluding tert-OH is 1. The largest absolute Gasteiger partial charge is 1.00 e. The van der Waals surface area contributed by atoms with Crippen molar-refractivity contribution in [3.63, 3.8) is 0 Å². The van der Waals surface area contributed by atoms with Gasteiger partial charge in [-0.15, -0.1) is 10.2 Å². The zero-order chi connectivity index (χ0) is 19.1. The van der Waals surface area contributed by atoms with Crippen molar-refractivity contribution in [3.05, 3.63) is 11.8 Å². The van der Waals surface area contributed by atoms with Crippen LogP contribution in [0.1, 0.15) is 49.5 Å². The number of nitrogens with zero attached hydrogens (tertiary/aromatic N) is 3.